The number of sulfonamides is 1. The molecule has 0 spiro atoms. The van der Waals surface area contributed by atoms with Gasteiger partial charge in [-0.1, -0.05) is 6.07 Å². The minimum Gasteiger partial charge on any atom is -0.399 e. The standard InChI is InChI=1S/C13H14N2O2S2/c1-9-2-5-13(18-9)19(16,17)15-7-10-3-4-12(14)6-11(10)8-15/h2-6H,7-8,14H2,1H3. The van der Waals surface area contributed by atoms with Crippen molar-refractivity contribution in [1.29, 1.82) is 0 Å². The number of hydrogen-bond donors (Lipinski definition) is 1. The molecule has 0 radical (unpaired) electrons. The minimum absolute atomic E-state index is 0.402. The largest absolute Gasteiger partial charge is 0.399 e. The van der Waals surface area contributed by atoms with E-state index in [1.165, 1.54) is 15.6 Å². The summed E-state index contributed by atoms with van der Waals surface area (Å²) in [7, 11) is -3.39. The average Bonchev–Trinajstić information content (AvgIpc) is 2.95. The quantitative estimate of drug-likeness (QED) is 0.865. The summed E-state index contributed by atoms with van der Waals surface area (Å²) in [5, 5.41) is 0. The Morgan fingerprint density at radius 1 is 1.16 bits per heavy atom. The van der Waals surface area contributed by atoms with Crippen molar-refractivity contribution in [2.75, 3.05) is 5.73 Å². The third kappa shape index (κ3) is 2.16. The Kier molecular flexibility index (Phi) is 2.88. The highest BCUT2D eigenvalue weighted by molar-refractivity contribution is 7.91. The second kappa shape index (κ2) is 4.33. The summed E-state index contributed by atoms with van der Waals surface area (Å²) >= 11 is 1.31. The van der Waals surface area contributed by atoms with Crippen LogP contribution < -0.4 is 5.73 Å². The molecule has 4 nitrogen and oxygen atoms in total. The van der Waals surface area contributed by atoms with Crippen LogP contribution in [-0.4, -0.2) is 12.7 Å². The number of fused-ring (bicyclic) bond motifs is 1. The van der Waals surface area contributed by atoms with Gasteiger partial charge in [-0.05, 0) is 42.3 Å². The van der Waals surface area contributed by atoms with Crippen LogP contribution in [0.25, 0.3) is 0 Å². The number of nitrogens with zero attached hydrogens (tertiary/aromatic N) is 1. The predicted molar refractivity (Wildman–Crippen MR) is 76.3 cm³/mol. The smallest absolute Gasteiger partial charge is 0.253 e. The second-order valence-corrected chi connectivity index (χ2v) is 8.12. The molecule has 0 amide bonds. The summed E-state index contributed by atoms with van der Waals surface area (Å²) in [4.78, 5) is 1.000. The van der Waals surface area contributed by atoms with Crippen LogP contribution in [0.3, 0.4) is 0 Å². The first-order valence-electron chi connectivity index (χ1n) is 5.91. The SMILES string of the molecule is Cc1ccc(S(=O)(=O)N2Cc3ccc(N)cc3C2)s1. The van der Waals surface area contributed by atoms with Gasteiger partial charge in [0.1, 0.15) is 4.21 Å². The fraction of sp³-hybridized carbons (Fsp3) is 0.231. The first-order valence-corrected chi connectivity index (χ1v) is 8.16. The summed E-state index contributed by atoms with van der Waals surface area (Å²) in [6, 6.07) is 9.07. The second-order valence-electron chi connectivity index (χ2n) is 4.67. The summed E-state index contributed by atoms with van der Waals surface area (Å²) in [6.07, 6.45) is 0. The van der Waals surface area contributed by atoms with E-state index in [4.69, 9.17) is 5.73 Å². The number of thiophene rings is 1. The van der Waals surface area contributed by atoms with Crippen molar-refractivity contribution in [3.05, 3.63) is 46.3 Å². The van der Waals surface area contributed by atoms with Crippen LogP contribution in [0.2, 0.25) is 0 Å². The van der Waals surface area contributed by atoms with E-state index in [9.17, 15) is 8.42 Å². The maximum atomic E-state index is 12.5. The van der Waals surface area contributed by atoms with Crippen molar-refractivity contribution in [1.82, 2.24) is 4.31 Å². The Morgan fingerprint density at radius 3 is 2.58 bits per heavy atom. The molecule has 2 N–H and O–H groups in total. The molecule has 1 aliphatic heterocycles. The molecular formula is C13H14N2O2S2. The Balaban J connectivity index is 1.94. The molecule has 0 atom stereocenters. The van der Waals surface area contributed by atoms with Gasteiger partial charge >= 0.3 is 0 Å². The van der Waals surface area contributed by atoms with Crippen molar-refractivity contribution in [3.8, 4) is 0 Å². The van der Waals surface area contributed by atoms with E-state index < -0.39 is 10.0 Å². The number of benzene rings is 1. The van der Waals surface area contributed by atoms with Crippen molar-refractivity contribution >= 4 is 27.0 Å². The molecule has 1 aromatic carbocycles. The highest BCUT2D eigenvalue weighted by atomic mass is 32.2. The number of aryl methyl sites for hydroxylation is 1. The van der Waals surface area contributed by atoms with Gasteiger partial charge in [-0.3, -0.25) is 0 Å². The van der Waals surface area contributed by atoms with Crippen LogP contribution in [0.4, 0.5) is 5.69 Å². The summed E-state index contributed by atoms with van der Waals surface area (Å²) in [5.74, 6) is 0. The van der Waals surface area contributed by atoms with Crippen LogP contribution in [-0.2, 0) is 23.1 Å². The van der Waals surface area contributed by atoms with Gasteiger partial charge in [0.15, 0.2) is 0 Å². The fourth-order valence-corrected chi connectivity index (χ4v) is 5.07. The lowest BCUT2D eigenvalue weighted by molar-refractivity contribution is 0.433. The number of rotatable bonds is 2. The molecule has 2 heterocycles. The van der Waals surface area contributed by atoms with Gasteiger partial charge in [-0.25, -0.2) is 8.42 Å². The Bertz CT molecular complexity index is 735. The zero-order valence-electron chi connectivity index (χ0n) is 10.5. The lowest BCUT2D eigenvalue weighted by atomic mass is 10.1. The zero-order valence-corrected chi connectivity index (χ0v) is 12.1. The van der Waals surface area contributed by atoms with Crippen molar-refractivity contribution in [2.24, 2.45) is 0 Å². The number of nitrogen functional groups attached to an aromatic ring is 1. The molecule has 0 saturated carbocycles. The molecule has 1 aliphatic rings. The molecule has 0 saturated heterocycles. The number of hydrogen-bond acceptors (Lipinski definition) is 4. The van der Waals surface area contributed by atoms with Crippen molar-refractivity contribution in [3.63, 3.8) is 0 Å². The molecule has 1 aromatic heterocycles. The molecular weight excluding hydrogens is 280 g/mol. The average molecular weight is 294 g/mol. The van der Waals surface area contributed by atoms with E-state index in [-0.39, 0.29) is 0 Å². The lowest BCUT2D eigenvalue weighted by Gasteiger charge is -2.13. The first-order chi connectivity index (χ1) is 8.96. The normalized spacial score (nSPS) is 15.6. The van der Waals surface area contributed by atoms with Gasteiger partial charge in [0.25, 0.3) is 10.0 Å². The Hall–Kier alpha value is -1.37. The van der Waals surface area contributed by atoms with E-state index in [2.05, 4.69) is 0 Å². The Labute approximate surface area is 116 Å². The Morgan fingerprint density at radius 2 is 1.89 bits per heavy atom. The van der Waals surface area contributed by atoms with E-state index in [1.54, 1.807) is 6.07 Å². The number of anilines is 1. The summed E-state index contributed by atoms with van der Waals surface area (Å²) in [6.45, 7) is 2.73. The van der Waals surface area contributed by atoms with Crippen LogP contribution in [0.15, 0.2) is 34.5 Å². The van der Waals surface area contributed by atoms with Crippen molar-refractivity contribution in [2.45, 2.75) is 24.2 Å². The van der Waals surface area contributed by atoms with Gasteiger partial charge in [0, 0.05) is 23.7 Å². The lowest BCUT2D eigenvalue weighted by Crippen LogP contribution is -2.24. The van der Waals surface area contributed by atoms with Crippen LogP contribution in [0.5, 0.6) is 0 Å². The molecule has 0 aliphatic carbocycles. The predicted octanol–water partition coefficient (Wildman–Crippen LogP) is 2.34. The van der Waals surface area contributed by atoms with Crippen molar-refractivity contribution < 1.29 is 8.42 Å². The third-order valence-electron chi connectivity index (χ3n) is 3.23. The van der Waals surface area contributed by atoms with Crippen LogP contribution in [0, 0.1) is 6.92 Å². The minimum atomic E-state index is -3.39. The van der Waals surface area contributed by atoms with E-state index in [0.29, 0.717) is 23.0 Å². The van der Waals surface area contributed by atoms with E-state index >= 15 is 0 Å². The molecule has 0 fully saturated rings. The molecule has 2 aromatic rings. The maximum absolute atomic E-state index is 12.5. The molecule has 0 unspecified atom stereocenters. The molecule has 100 valence electrons. The molecule has 19 heavy (non-hydrogen) atoms. The summed E-state index contributed by atoms with van der Waals surface area (Å²) < 4.78 is 26.9. The molecule has 6 heteroatoms. The monoisotopic (exact) mass is 294 g/mol. The first kappa shape index (κ1) is 12.7. The van der Waals surface area contributed by atoms with E-state index in [1.807, 2.05) is 31.2 Å². The van der Waals surface area contributed by atoms with Gasteiger partial charge in [0.05, 0.1) is 0 Å². The highest BCUT2D eigenvalue weighted by Crippen LogP contribution is 2.32. The summed E-state index contributed by atoms with van der Waals surface area (Å²) in [5.41, 5.74) is 8.44. The van der Waals surface area contributed by atoms with E-state index in [0.717, 1.165) is 16.0 Å². The molecule has 3 rings (SSSR count). The maximum Gasteiger partial charge on any atom is 0.253 e. The zero-order chi connectivity index (χ0) is 13.6. The fourth-order valence-electron chi connectivity index (χ4n) is 2.23. The number of nitrogens with two attached hydrogens (primary N) is 1. The van der Waals surface area contributed by atoms with Gasteiger partial charge in [0.2, 0.25) is 0 Å². The third-order valence-corrected chi connectivity index (χ3v) is 6.49. The van der Waals surface area contributed by atoms with Crippen LogP contribution >= 0.6 is 11.3 Å². The van der Waals surface area contributed by atoms with Gasteiger partial charge < -0.3 is 5.73 Å². The topological polar surface area (TPSA) is 63.4 Å². The van der Waals surface area contributed by atoms with Crippen LogP contribution in [0.1, 0.15) is 16.0 Å². The highest BCUT2D eigenvalue weighted by Gasteiger charge is 2.31. The molecule has 0 bridgehead atoms. The van der Waals surface area contributed by atoms with Gasteiger partial charge in [-0.2, -0.15) is 4.31 Å². The van der Waals surface area contributed by atoms with Gasteiger partial charge in [-0.15, -0.1) is 11.3 Å².